The highest BCUT2D eigenvalue weighted by Crippen LogP contribution is 2.32. The molecule has 1 saturated heterocycles. The Morgan fingerprint density at radius 1 is 1.04 bits per heavy atom. The Hall–Kier alpha value is -1.71. The highest BCUT2D eigenvalue weighted by Gasteiger charge is 2.27. The molecule has 4 nitrogen and oxygen atoms in total. The summed E-state index contributed by atoms with van der Waals surface area (Å²) in [7, 11) is 0. The minimum atomic E-state index is 0.130. The minimum absolute atomic E-state index is 0.130. The van der Waals surface area contributed by atoms with Crippen molar-refractivity contribution in [3.8, 4) is 0 Å². The standard InChI is InChI=1S/C20H31N3O/c1-20(2,3)17-10-6-7-11-18(17)22-12-14-23(15-13-22)19(24)21-16-8-4-5-9-16/h6-7,10-11,16H,4-5,8-9,12-15H2,1-3H3,(H,21,24). The number of amides is 2. The molecule has 3 rings (SSSR count). The molecule has 132 valence electrons. The van der Waals surface area contributed by atoms with Crippen molar-refractivity contribution in [2.24, 2.45) is 0 Å². The second-order valence-corrected chi connectivity index (χ2v) is 8.17. The van der Waals surface area contributed by atoms with Gasteiger partial charge in [-0.25, -0.2) is 4.79 Å². The summed E-state index contributed by atoms with van der Waals surface area (Å²) >= 11 is 0. The van der Waals surface area contributed by atoms with E-state index >= 15 is 0 Å². The van der Waals surface area contributed by atoms with Gasteiger partial charge in [-0.3, -0.25) is 0 Å². The average Bonchev–Trinajstić information content (AvgIpc) is 3.07. The Kier molecular flexibility index (Phi) is 5.02. The first-order chi connectivity index (χ1) is 11.4. The van der Waals surface area contributed by atoms with Crippen LogP contribution in [-0.4, -0.2) is 43.2 Å². The average molecular weight is 329 g/mol. The summed E-state index contributed by atoms with van der Waals surface area (Å²) in [5.41, 5.74) is 2.84. The Bertz CT molecular complexity index is 564. The van der Waals surface area contributed by atoms with Crippen LogP contribution in [0.4, 0.5) is 10.5 Å². The molecule has 1 N–H and O–H groups in total. The van der Waals surface area contributed by atoms with Crippen LogP contribution in [0.1, 0.15) is 52.0 Å². The number of hydrogen-bond donors (Lipinski definition) is 1. The maximum Gasteiger partial charge on any atom is 0.317 e. The summed E-state index contributed by atoms with van der Waals surface area (Å²) in [6, 6.07) is 9.21. The Labute approximate surface area is 146 Å². The van der Waals surface area contributed by atoms with E-state index in [1.807, 2.05) is 4.90 Å². The van der Waals surface area contributed by atoms with Crippen LogP contribution in [-0.2, 0) is 5.41 Å². The Morgan fingerprint density at radius 2 is 1.67 bits per heavy atom. The monoisotopic (exact) mass is 329 g/mol. The van der Waals surface area contributed by atoms with Gasteiger partial charge in [-0.05, 0) is 29.9 Å². The predicted octanol–water partition coefficient (Wildman–Crippen LogP) is 3.76. The number of benzene rings is 1. The molecule has 4 heteroatoms. The first-order valence-electron chi connectivity index (χ1n) is 9.35. The zero-order valence-corrected chi connectivity index (χ0v) is 15.3. The van der Waals surface area contributed by atoms with Crippen molar-refractivity contribution in [1.82, 2.24) is 10.2 Å². The molecule has 0 bridgehead atoms. The molecule has 1 aromatic rings. The van der Waals surface area contributed by atoms with Gasteiger partial charge in [-0.15, -0.1) is 0 Å². The van der Waals surface area contributed by atoms with Crippen LogP contribution >= 0.6 is 0 Å². The number of nitrogens with zero attached hydrogens (tertiary/aromatic N) is 2. The largest absolute Gasteiger partial charge is 0.368 e. The van der Waals surface area contributed by atoms with E-state index in [2.05, 4.69) is 55.3 Å². The van der Waals surface area contributed by atoms with E-state index in [0.717, 1.165) is 39.0 Å². The summed E-state index contributed by atoms with van der Waals surface area (Å²) in [4.78, 5) is 16.8. The molecule has 1 saturated carbocycles. The third kappa shape index (κ3) is 3.85. The van der Waals surface area contributed by atoms with Crippen LogP contribution in [0.15, 0.2) is 24.3 Å². The summed E-state index contributed by atoms with van der Waals surface area (Å²) in [6.07, 6.45) is 4.79. The lowest BCUT2D eigenvalue weighted by Crippen LogP contribution is -2.53. The quantitative estimate of drug-likeness (QED) is 0.897. The molecule has 0 radical (unpaired) electrons. The fourth-order valence-corrected chi connectivity index (χ4v) is 3.87. The van der Waals surface area contributed by atoms with Crippen LogP contribution < -0.4 is 10.2 Å². The molecule has 24 heavy (non-hydrogen) atoms. The minimum Gasteiger partial charge on any atom is -0.368 e. The van der Waals surface area contributed by atoms with Gasteiger partial charge in [0.1, 0.15) is 0 Å². The fraction of sp³-hybridized carbons (Fsp3) is 0.650. The molecule has 1 aliphatic heterocycles. The Morgan fingerprint density at radius 3 is 2.29 bits per heavy atom. The van der Waals surface area contributed by atoms with Gasteiger partial charge in [0.15, 0.2) is 0 Å². The molecule has 0 spiro atoms. The molecule has 1 heterocycles. The molecule has 2 fully saturated rings. The van der Waals surface area contributed by atoms with Crippen LogP contribution in [0.25, 0.3) is 0 Å². The molecule has 0 atom stereocenters. The van der Waals surface area contributed by atoms with E-state index in [0.29, 0.717) is 6.04 Å². The molecule has 1 aliphatic carbocycles. The number of urea groups is 1. The first-order valence-corrected chi connectivity index (χ1v) is 9.35. The lowest BCUT2D eigenvalue weighted by molar-refractivity contribution is 0.190. The first kappa shape index (κ1) is 17.1. The number of carbonyl (C=O) groups is 1. The zero-order chi connectivity index (χ0) is 17.2. The van der Waals surface area contributed by atoms with Gasteiger partial charge in [-0.2, -0.15) is 0 Å². The van der Waals surface area contributed by atoms with Crippen molar-refractivity contribution >= 4 is 11.7 Å². The molecule has 0 unspecified atom stereocenters. The van der Waals surface area contributed by atoms with Crippen LogP contribution in [0.2, 0.25) is 0 Å². The van der Waals surface area contributed by atoms with Gasteiger partial charge in [-0.1, -0.05) is 51.8 Å². The normalized spacial score (nSPS) is 19.6. The number of rotatable bonds is 2. The SMILES string of the molecule is CC(C)(C)c1ccccc1N1CCN(C(=O)NC2CCCC2)CC1. The number of anilines is 1. The highest BCUT2D eigenvalue weighted by atomic mass is 16.2. The van der Waals surface area contributed by atoms with Crippen molar-refractivity contribution in [2.45, 2.75) is 57.9 Å². The Balaban J connectivity index is 1.60. The zero-order valence-electron chi connectivity index (χ0n) is 15.3. The number of hydrogen-bond acceptors (Lipinski definition) is 2. The van der Waals surface area contributed by atoms with E-state index in [9.17, 15) is 4.79 Å². The van der Waals surface area contributed by atoms with E-state index in [1.165, 1.54) is 24.1 Å². The molecular weight excluding hydrogens is 298 g/mol. The van der Waals surface area contributed by atoms with Gasteiger partial charge in [0, 0.05) is 37.9 Å². The number of carbonyl (C=O) groups excluding carboxylic acids is 1. The summed E-state index contributed by atoms with van der Waals surface area (Å²) in [6.45, 7) is 10.2. The third-order valence-corrected chi connectivity index (χ3v) is 5.30. The molecule has 2 amide bonds. The highest BCUT2D eigenvalue weighted by molar-refractivity contribution is 5.75. The van der Waals surface area contributed by atoms with Gasteiger partial charge < -0.3 is 15.1 Å². The van der Waals surface area contributed by atoms with Gasteiger partial charge in [0.25, 0.3) is 0 Å². The number of para-hydroxylation sites is 1. The maximum absolute atomic E-state index is 12.4. The number of piperazine rings is 1. The summed E-state index contributed by atoms with van der Waals surface area (Å²) < 4.78 is 0. The van der Waals surface area contributed by atoms with Gasteiger partial charge >= 0.3 is 6.03 Å². The molecule has 0 aromatic heterocycles. The van der Waals surface area contributed by atoms with Crippen molar-refractivity contribution < 1.29 is 4.79 Å². The summed E-state index contributed by atoms with van der Waals surface area (Å²) in [5.74, 6) is 0. The lowest BCUT2D eigenvalue weighted by atomic mass is 9.85. The maximum atomic E-state index is 12.4. The van der Waals surface area contributed by atoms with E-state index in [-0.39, 0.29) is 11.4 Å². The van der Waals surface area contributed by atoms with E-state index in [4.69, 9.17) is 0 Å². The molecule has 1 aromatic carbocycles. The van der Waals surface area contributed by atoms with Crippen molar-refractivity contribution in [3.05, 3.63) is 29.8 Å². The fourth-order valence-electron chi connectivity index (χ4n) is 3.87. The van der Waals surface area contributed by atoms with Gasteiger partial charge in [0.05, 0.1) is 0 Å². The number of nitrogens with one attached hydrogen (secondary N) is 1. The second kappa shape index (κ2) is 7.04. The van der Waals surface area contributed by atoms with Crippen LogP contribution in [0.3, 0.4) is 0 Å². The second-order valence-electron chi connectivity index (χ2n) is 8.17. The van der Waals surface area contributed by atoms with Crippen LogP contribution in [0, 0.1) is 0 Å². The predicted molar refractivity (Wildman–Crippen MR) is 99.7 cm³/mol. The molecule has 2 aliphatic rings. The van der Waals surface area contributed by atoms with Gasteiger partial charge in [0.2, 0.25) is 0 Å². The third-order valence-electron chi connectivity index (χ3n) is 5.30. The molecular formula is C20H31N3O. The topological polar surface area (TPSA) is 35.6 Å². The van der Waals surface area contributed by atoms with Crippen molar-refractivity contribution in [1.29, 1.82) is 0 Å². The smallest absolute Gasteiger partial charge is 0.317 e. The van der Waals surface area contributed by atoms with Crippen molar-refractivity contribution in [2.75, 3.05) is 31.1 Å². The lowest BCUT2D eigenvalue weighted by Gasteiger charge is -2.38. The van der Waals surface area contributed by atoms with Crippen molar-refractivity contribution in [3.63, 3.8) is 0 Å². The summed E-state index contributed by atoms with van der Waals surface area (Å²) in [5, 5.41) is 3.21. The van der Waals surface area contributed by atoms with Crippen LogP contribution in [0.5, 0.6) is 0 Å². The van der Waals surface area contributed by atoms with E-state index in [1.54, 1.807) is 0 Å². The van der Waals surface area contributed by atoms with E-state index < -0.39 is 0 Å².